The van der Waals surface area contributed by atoms with Gasteiger partial charge in [0.2, 0.25) is 41.4 Å². The van der Waals surface area contributed by atoms with Crippen molar-refractivity contribution in [2.75, 3.05) is 33.3 Å². The van der Waals surface area contributed by atoms with E-state index >= 15 is 0 Å². The van der Waals surface area contributed by atoms with Crippen molar-refractivity contribution >= 4 is 135 Å². The minimum Gasteiger partial charge on any atom is -0.489 e. The van der Waals surface area contributed by atoms with E-state index in [1.54, 1.807) is 169 Å². The third-order valence-electron chi connectivity index (χ3n) is 21.8. The number of nitrogens with zero attached hydrogens (tertiary/aromatic N) is 3. The van der Waals surface area contributed by atoms with Gasteiger partial charge in [-0.25, -0.2) is 19.2 Å². The Hall–Kier alpha value is -9.53. The van der Waals surface area contributed by atoms with Gasteiger partial charge in [0.15, 0.2) is 0 Å². The molecule has 119 heavy (non-hydrogen) atoms. The number of aliphatic hydroxyl groups is 4. The molecule has 3 aliphatic heterocycles. The monoisotopic (exact) mass is 1770 g/mol. The summed E-state index contributed by atoms with van der Waals surface area (Å²) in [5.41, 5.74) is 4.42. The van der Waals surface area contributed by atoms with Crippen LogP contribution >= 0.6 is 69.6 Å². The Morgan fingerprint density at radius 1 is 0.412 bits per heavy atom. The lowest BCUT2D eigenvalue weighted by molar-refractivity contribution is -0.160. The molecule has 3 aliphatic rings. The van der Waals surface area contributed by atoms with Crippen molar-refractivity contribution in [1.82, 2.24) is 30.7 Å². The molecule has 6 aromatic rings. The number of halogens is 6. The highest BCUT2D eigenvalue weighted by Gasteiger charge is 2.54. The van der Waals surface area contributed by atoms with Crippen LogP contribution in [0.25, 0.3) is 0 Å². The third-order valence-corrected chi connectivity index (χ3v) is 23.9. The Morgan fingerprint density at radius 3 is 0.924 bits per heavy atom. The maximum atomic E-state index is 13.7. The molecule has 0 aromatic heterocycles. The zero-order valence-electron chi connectivity index (χ0n) is 66.5. The number of carboxylic acid groups (broad SMARTS) is 3. The van der Waals surface area contributed by atoms with Crippen LogP contribution in [0.4, 0.5) is 0 Å². The Balaban J connectivity index is 0.000000246. The van der Waals surface area contributed by atoms with Gasteiger partial charge in [0.1, 0.15) is 83.5 Å². The van der Waals surface area contributed by atoms with Gasteiger partial charge in [-0.2, -0.15) is 0 Å². The summed E-state index contributed by atoms with van der Waals surface area (Å²) in [6, 6.07) is 29.5. The number of β-amino-alcohol motifs (C(OH)–C–C–N with tert-alkyl or cyclic N) is 4. The maximum Gasteiger partial charge on any atom is 0.328 e. The van der Waals surface area contributed by atoms with Crippen LogP contribution in [-0.4, -0.2) is 204 Å². The SMILES string of the molecule is CCC(CC)(C(=O)N[C@@H](Cc1ccc(OCc2c(Cl)cccc2Cl)cc1)C(=O)O)C(=O)N1CC(O)C(O)C1.CCC(CC)(C(=O)N[C@@H](Cc1ccc(OCc2c(Cl)cccc2Cl)cc1)C(=O)O)C(=O)N1C[C@H](O)C[C@@H]1C(=O)OC.CCC(CC)(C(=O)N[C@@H](Cc1ccc(OCc2c(Cl)cccc2Cl)cc1)C(=O)O)C(=O)N1C[C@H](O)C[C@H]1C(N)=O. The Bertz CT molecular complexity index is 4500. The molecule has 12 N–H and O–H groups in total. The number of nitrogens with two attached hydrogens (primary N) is 1. The van der Waals surface area contributed by atoms with Crippen LogP contribution in [0.2, 0.25) is 30.1 Å². The van der Waals surface area contributed by atoms with Gasteiger partial charge in [0.25, 0.3) is 0 Å². The van der Waals surface area contributed by atoms with Crippen molar-refractivity contribution < 1.29 is 107 Å². The molecule has 2 unspecified atom stereocenters. The van der Waals surface area contributed by atoms with Gasteiger partial charge >= 0.3 is 23.9 Å². The highest BCUT2D eigenvalue weighted by atomic mass is 35.5. The number of primary amides is 1. The van der Waals surface area contributed by atoms with Crippen molar-refractivity contribution in [3.8, 4) is 17.2 Å². The molecule has 3 fully saturated rings. The number of ether oxygens (including phenoxy) is 4. The average Bonchev–Trinajstić information content (AvgIpc) is 1.76. The summed E-state index contributed by atoms with van der Waals surface area (Å²) >= 11 is 37.1. The molecule has 0 saturated carbocycles. The summed E-state index contributed by atoms with van der Waals surface area (Å²) in [4.78, 5) is 145. The zero-order valence-corrected chi connectivity index (χ0v) is 71.0. The fourth-order valence-corrected chi connectivity index (χ4v) is 15.8. The van der Waals surface area contributed by atoms with E-state index in [1.807, 2.05) is 0 Å². The molecule has 3 heterocycles. The topological polar surface area (TPSA) is 438 Å². The number of likely N-dealkylation sites (tertiary alicyclic amines) is 3. The molecule has 35 heteroatoms. The predicted octanol–water partition coefficient (Wildman–Crippen LogP) is 9.62. The second-order valence-corrected chi connectivity index (χ2v) is 31.4. The molecule has 6 aromatic carbocycles. The third kappa shape index (κ3) is 24.2. The second-order valence-electron chi connectivity index (χ2n) is 29.0. The number of carbonyl (C=O) groups excluding carboxylic acids is 8. The lowest BCUT2D eigenvalue weighted by Gasteiger charge is -2.35. The molecule has 644 valence electrons. The van der Waals surface area contributed by atoms with Gasteiger partial charge in [-0.3, -0.25) is 33.6 Å². The molecule has 3 saturated heterocycles. The number of aliphatic hydroxyl groups excluding tert-OH is 4. The van der Waals surface area contributed by atoms with Crippen LogP contribution < -0.4 is 35.9 Å². The van der Waals surface area contributed by atoms with Gasteiger partial charge in [0, 0.05) is 105 Å². The molecule has 9 rings (SSSR count). The van der Waals surface area contributed by atoms with E-state index in [0.29, 0.717) is 80.8 Å². The van der Waals surface area contributed by atoms with Crippen molar-refractivity contribution in [1.29, 1.82) is 0 Å². The predicted molar refractivity (Wildman–Crippen MR) is 443 cm³/mol. The van der Waals surface area contributed by atoms with Gasteiger partial charge in [0.05, 0.1) is 31.5 Å². The number of methoxy groups -OCH3 is 1. The first-order valence-electron chi connectivity index (χ1n) is 38.5. The van der Waals surface area contributed by atoms with Gasteiger partial charge in [-0.15, -0.1) is 0 Å². The van der Waals surface area contributed by atoms with E-state index in [1.165, 1.54) is 12.0 Å². The van der Waals surface area contributed by atoms with E-state index in [0.717, 1.165) is 9.80 Å². The number of hydrogen-bond acceptors (Lipinski definition) is 19. The summed E-state index contributed by atoms with van der Waals surface area (Å²) in [6.45, 7) is 9.89. The lowest BCUT2D eigenvalue weighted by Crippen LogP contribution is -2.58. The van der Waals surface area contributed by atoms with Crippen LogP contribution in [0.1, 0.15) is 126 Å². The van der Waals surface area contributed by atoms with Crippen LogP contribution in [0, 0.1) is 16.2 Å². The Kier molecular flexibility index (Phi) is 35.8. The van der Waals surface area contributed by atoms with Crippen LogP contribution in [0.5, 0.6) is 17.2 Å². The first-order chi connectivity index (χ1) is 56.4. The highest BCUT2D eigenvalue weighted by Crippen LogP contribution is 2.38. The number of carbonyl (C=O) groups is 11. The number of nitrogens with one attached hydrogen (secondary N) is 3. The number of rotatable bonds is 35. The standard InChI is InChI=1S/C29H34Cl2N2O8.C28H33Cl2N3O7.C27H32Cl2N2O7/c1-4-29(5-2,28(39)33-15-18(34)14-24(33)26(37)40-3)27(38)32-23(25(35)36)13-17-9-11-19(12-10-17)41-16-20-21(30)7-6-8-22(20)31;1-3-28(4-2,27(39)33-14-17(34)13-23(33)24(31)35)26(38)32-22(25(36)37)12-16-8-10-18(11-9-16)40-15-19-20(29)6-5-7-21(19)30;1-3-27(4-2,26(37)31-13-22(32)23(33)14-31)25(36)30-21(24(34)35)12-16-8-10-17(11-9-16)38-15-18-19(28)6-5-7-20(18)29/h6-12,18,23-24,34H,4-5,13-16H2,1-3H3,(H,32,38)(H,35,36);5-11,17,22-23,34H,3-4,12-15H2,1-2H3,(H2,31,35)(H,32,38)(H,36,37);5-11,21-23,32-33H,3-4,12-15H2,1-2H3,(H,30,36)(H,34,35)/t18-,23+,24-;17-,22+,23+;21-,22?,23?/m110/s1. The molecule has 9 atom stereocenters. The van der Waals surface area contributed by atoms with E-state index in [4.69, 9.17) is 94.3 Å². The van der Waals surface area contributed by atoms with Crippen LogP contribution in [0.15, 0.2) is 127 Å². The van der Waals surface area contributed by atoms with Crippen molar-refractivity contribution in [2.24, 2.45) is 22.0 Å². The summed E-state index contributed by atoms with van der Waals surface area (Å²) in [5.74, 6) is -7.82. The number of esters is 1. The van der Waals surface area contributed by atoms with Crippen molar-refractivity contribution in [2.45, 2.75) is 187 Å². The number of carboxylic acids is 3. The fourth-order valence-electron chi connectivity index (χ4n) is 14.2. The lowest BCUT2D eigenvalue weighted by atomic mass is 9.79. The summed E-state index contributed by atoms with van der Waals surface area (Å²) in [7, 11) is 1.18. The molecular weight excluding hydrogens is 1670 g/mol. The van der Waals surface area contributed by atoms with E-state index in [9.17, 15) is 88.5 Å². The average molecular weight is 1770 g/mol. The summed E-state index contributed by atoms with van der Waals surface area (Å²) in [5, 5.41) is 79.9. The molecule has 0 bridgehead atoms. The Labute approximate surface area is 718 Å². The first kappa shape index (κ1) is 96.6. The molecule has 0 aliphatic carbocycles. The van der Waals surface area contributed by atoms with Gasteiger partial charge in [-0.05, 0) is 128 Å². The summed E-state index contributed by atoms with van der Waals surface area (Å²) < 4.78 is 22.1. The zero-order chi connectivity index (χ0) is 88.0. The fraction of sp³-hybridized carbons (Fsp3) is 0.440. The van der Waals surface area contributed by atoms with Gasteiger partial charge < -0.3 is 91.1 Å². The molecular formula is C84H99Cl6N7O22. The smallest absolute Gasteiger partial charge is 0.328 e. The Morgan fingerprint density at radius 2 is 0.672 bits per heavy atom. The number of aliphatic carboxylic acids is 3. The second kappa shape index (κ2) is 44.1. The maximum absolute atomic E-state index is 13.7. The minimum atomic E-state index is -1.64. The van der Waals surface area contributed by atoms with Gasteiger partial charge in [-0.1, -0.05) is 166 Å². The van der Waals surface area contributed by atoms with E-state index < -0.39 is 136 Å². The first-order valence-corrected chi connectivity index (χ1v) is 40.7. The molecule has 0 radical (unpaired) electrons. The normalized spacial score (nSPS) is 17.8. The quantitative estimate of drug-likeness (QED) is 0.0130. The number of amides is 7. The largest absolute Gasteiger partial charge is 0.489 e. The minimum absolute atomic E-state index is 0.00751. The molecule has 29 nitrogen and oxygen atoms in total. The number of benzene rings is 6. The van der Waals surface area contributed by atoms with E-state index in [-0.39, 0.29) is 117 Å². The number of hydrogen-bond donors (Lipinski definition) is 11. The molecule has 7 amide bonds. The molecule has 0 spiro atoms. The highest BCUT2D eigenvalue weighted by molar-refractivity contribution is 6.37. The van der Waals surface area contributed by atoms with Crippen molar-refractivity contribution in [3.05, 3.63) is 191 Å². The van der Waals surface area contributed by atoms with Crippen molar-refractivity contribution in [3.63, 3.8) is 0 Å². The van der Waals surface area contributed by atoms with E-state index in [2.05, 4.69) is 16.0 Å². The summed E-state index contributed by atoms with van der Waals surface area (Å²) in [6.07, 6.45) is -3.74. The van der Waals surface area contributed by atoms with Crippen LogP contribution in [0.3, 0.4) is 0 Å². The van der Waals surface area contributed by atoms with Crippen LogP contribution in [-0.2, 0) is 96.6 Å².